The van der Waals surface area contributed by atoms with Crippen LogP contribution in [0.15, 0.2) is 84.9 Å². The van der Waals surface area contributed by atoms with E-state index in [0.717, 1.165) is 22.8 Å². The normalized spacial score (nSPS) is 10.1. The molecule has 2 N–H and O–H groups in total. The van der Waals surface area contributed by atoms with Crippen LogP contribution in [0.25, 0.3) is 0 Å². The molecule has 0 unspecified atom stereocenters. The highest BCUT2D eigenvalue weighted by atomic mass is 16.5. The zero-order valence-electron chi connectivity index (χ0n) is 16.3. The SMILES string of the molecule is Cc1cc(Nc2ccccc2Oc2ccccc2)nc(Nc2cccc(C#N)c2)n1. The molecule has 0 atom stereocenters. The zero-order valence-corrected chi connectivity index (χ0v) is 16.3. The predicted octanol–water partition coefficient (Wildman–Crippen LogP) is 5.94. The van der Waals surface area contributed by atoms with E-state index < -0.39 is 0 Å². The summed E-state index contributed by atoms with van der Waals surface area (Å²) in [6, 6.07) is 28.5. The topological polar surface area (TPSA) is 82.9 Å². The van der Waals surface area contributed by atoms with Gasteiger partial charge in [0, 0.05) is 17.4 Å². The fourth-order valence-corrected chi connectivity index (χ4v) is 2.90. The van der Waals surface area contributed by atoms with Crippen molar-refractivity contribution in [1.29, 1.82) is 5.26 Å². The van der Waals surface area contributed by atoms with E-state index in [1.165, 1.54) is 0 Å². The first-order valence-electron chi connectivity index (χ1n) is 9.41. The van der Waals surface area contributed by atoms with E-state index in [0.29, 0.717) is 23.1 Å². The first-order valence-corrected chi connectivity index (χ1v) is 9.41. The Hall–Kier alpha value is -4.37. The van der Waals surface area contributed by atoms with Gasteiger partial charge >= 0.3 is 0 Å². The second kappa shape index (κ2) is 8.76. The van der Waals surface area contributed by atoms with Gasteiger partial charge < -0.3 is 15.4 Å². The van der Waals surface area contributed by atoms with Crippen molar-refractivity contribution in [3.05, 3.63) is 96.2 Å². The highest BCUT2D eigenvalue weighted by Crippen LogP contribution is 2.31. The number of aromatic nitrogens is 2. The molecule has 1 heterocycles. The van der Waals surface area contributed by atoms with E-state index in [4.69, 9.17) is 10.00 Å². The van der Waals surface area contributed by atoms with Gasteiger partial charge in [-0.15, -0.1) is 0 Å². The zero-order chi connectivity index (χ0) is 20.8. The molecule has 0 saturated carbocycles. The van der Waals surface area contributed by atoms with E-state index in [9.17, 15) is 0 Å². The van der Waals surface area contributed by atoms with Crippen molar-refractivity contribution >= 4 is 23.1 Å². The minimum absolute atomic E-state index is 0.439. The van der Waals surface area contributed by atoms with Crippen LogP contribution in [0.5, 0.6) is 11.5 Å². The second-order valence-corrected chi connectivity index (χ2v) is 6.57. The Labute approximate surface area is 174 Å². The summed E-state index contributed by atoms with van der Waals surface area (Å²) in [5.41, 5.74) is 2.90. The number of anilines is 4. The maximum Gasteiger partial charge on any atom is 0.229 e. The highest BCUT2D eigenvalue weighted by molar-refractivity contribution is 5.66. The average molecular weight is 393 g/mol. The van der Waals surface area contributed by atoms with Crippen molar-refractivity contribution in [3.8, 4) is 17.6 Å². The predicted molar refractivity (Wildman–Crippen MR) is 117 cm³/mol. The molecule has 0 radical (unpaired) electrons. The monoisotopic (exact) mass is 393 g/mol. The van der Waals surface area contributed by atoms with Crippen molar-refractivity contribution in [2.45, 2.75) is 6.92 Å². The maximum atomic E-state index is 9.08. The van der Waals surface area contributed by atoms with Crippen LogP contribution in [0.3, 0.4) is 0 Å². The highest BCUT2D eigenvalue weighted by Gasteiger charge is 2.08. The van der Waals surface area contributed by atoms with E-state index >= 15 is 0 Å². The van der Waals surface area contributed by atoms with Crippen LogP contribution in [-0.4, -0.2) is 9.97 Å². The number of hydrogen-bond donors (Lipinski definition) is 2. The fourth-order valence-electron chi connectivity index (χ4n) is 2.90. The molecule has 0 amide bonds. The molecule has 4 rings (SSSR count). The van der Waals surface area contributed by atoms with Crippen LogP contribution in [0.4, 0.5) is 23.1 Å². The number of benzene rings is 3. The van der Waals surface area contributed by atoms with Crippen LogP contribution < -0.4 is 15.4 Å². The Bertz CT molecular complexity index is 1200. The molecule has 4 aromatic rings. The molecule has 0 fully saturated rings. The van der Waals surface area contributed by atoms with E-state index in [1.54, 1.807) is 12.1 Å². The largest absolute Gasteiger partial charge is 0.455 e. The van der Waals surface area contributed by atoms with E-state index in [-0.39, 0.29) is 0 Å². The Kier molecular flexibility index (Phi) is 5.54. The van der Waals surface area contributed by atoms with Crippen molar-refractivity contribution in [2.75, 3.05) is 10.6 Å². The van der Waals surface area contributed by atoms with Crippen molar-refractivity contribution < 1.29 is 4.74 Å². The fraction of sp³-hybridized carbons (Fsp3) is 0.0417. The van der Waals surface area contributed by atoms with E-state index in [1.807, 2.05) is 79.7 Å². The summed E-state index contributed by atoms with van der Waals surface area (Å²) in [4.78, 5) is 9.00. The lowest BCUT2D eigenvalue weighted by Gasteiger charge is -2.14. The molecular weight excluding hydrogens is 374 g/mol. The number of aryl methyl sites for hydroxylation is 1. The number of hydrogen-bond acceptors (Lipinski definition) is 6. The standard InChI is InChI=1S/C24H19N5O/c1-17-14-23(29-24(26-17)27-19-9-7-8-18(15-19)16-25)28-21-12-5-6-13-22(21)30-20-10-3-2-4-11-20/h2-15H,1H3,(H2,26,27,28,29). The van der Waals surface area contributed by atoms with Gasteiger partial charge in [-0.2, -0.15) is 10.2 Å². The molecule has 1 aromatic heterocycles. The number of ether oxygens (including phenoxy) is 1. The molecule has 3 aromatic carbocycles. The second-order valence-electron chi connectivity index (χ2n) is 6.57. The van der Waals surface area contributed by atoms with Crippen LogP contribution in [0.1, 0.15) is 11.3 Å². The van der Waals surface area contributed by atoms with Gasteiger partial charge in [0.05, 0.1) is 17.3 Å². The van der Waals surface area contributed by atoms with Crippen LogP contribution in [0.2, 0.25) is 0 Å². The molecule has 0 aliphatic heterocycles. The van der Waals surface area contributed by atoms with Gasteiger partial charge in [0.15, 0.2) is 5.75 Å². The lowest BCUT2D eigenvalue weighted by molar-refractivity contribution is 0.485. The van der Waals surface area contributed by atoms with Gasteiger partial charge in [-0.3, -0.25) is 0 Å². The number of para-hydroxylation sites is 3. The molecule has 30 heavy (non-hydrogen) atoms. The van der Waals surface area contributed by atoms with Gasteiger partial charge in [0.2, 0.25) is 5.95 Å². The van der Waals surface area contributed by atoms with E-state index in [2.05, 4.69) is 26.7 Å². The quantitative estimate of drug-likeness (QED) is 0.422. The summed E-state index contributed by atoms with van der Waals surface area (Å²) >= 11 is 0. The van der Waals surface area contributed by atoms with Gasteiger partial charge in [0.25, 0.3) is 0 Å². The van der Waals surface area contributed by atoms with Gasteiger partial charge in [-0.05, 0) is 49.4 Å². The van der Waals surface area contributed by atoms with Crippen LogP contribution >= 0.6 is 0 Å². The third kappa shape index (κ3) is 4.72. The number of rotatable bonds is 6. The number of nitrogens with zero attached hydrogens (tertiary/aromatic N) is 3. The molecule has 146 valence electrons. The lowest BCUT2D eigenvalue weighted by atomic mass is 10.2. The average Bonchev–Trinajstić information content (AvgIpc) is 2.75. The van der Waals surface area contributed by atoms with Crippen molar-refractivity contribution in [1.82, 2.24) is 9.97 Å². The van der Waals surface area contributed by atoms with Crippen molar-refractivity contribution in [2.24, 2.45) is 0 Å². The maximum absolute atomic E-state index is 9.08. The summed E-state index contributed by atoms with van der Waals surface area (Å²) in [5.74, 6) is 2.51. The minimum Gasteiger partial charge on any atom is -0.455 e. The molecule has 0 bridgehead atoms. The third-order valence-corrected chi connectivity index (χ3v) is 4.22. The van der Waals surface area contributed by atoms with Crippen molar-refractivity contribution in [3.63, 3.8) is 0 Å². The molecule has 0 saturated heterocycles. The summed E-state index contributed by atoms with van der Waals surface area (Å²) in [5, 5.41) is 15.6. The molecule has 0 spiro atoms. The van der Waals surface area contributed by atoms with Gasteiger partial charge in [-0.1, -0.05) is 36.4 Å². The first kappa shape index (κ1) is 19.0. The summed E-state index contributed by atoms with van der Waals surface area (Å²) < 4.78 is 6.01. The van der Waals surface area contributed by atoms with Gasteiger partial charge in [0.1, 0.15) is 11.6 Å². The van der Waals surface area contributed by atoms with Crippen LogP contribution in [-0.2, 0) is 0 Å². The minimum atomic E-state index is 0.439. The summed E-state index contributed by atoms with van der Waals surface area (Å²) in [6.45, 7) is 1.90. The Balaban J connectivity index is 1.58. The first-order chi connectivity index (χ1) is 14.7. The molecule has 0 aliphatic carbocycles. The van der Waals surface area contributed by atoms with Crippen LogP contribution in [0, 0.1) is 18.3 Å². The number of nitriles is 1. The summed E-state index contributed by atoms with van der Waals surface area (Å²) in [7, 11) is 0. The lowest BCUT2D eigenvalue weighted by Crippen LogP contribution is -2.03. The molecule has 6 nitrogen and oxygen atoms in total. The Morgan fingerprint density at radius 3 is 2.47 bits per heavy atom. The summed E-state index contributed by atoms with van der Waals surface area (Å²) in [6.07, 6.45) is 0. The smallest absolute Gasteiger partial charge is 0.229 e. The van der Waals surface area contributed by atoms with Gasteiger partial charge in [-0.25, -0.2) is 4.98 Å². The number of nitrogens with one attached hydrogen (secondary N) is 2. The Morgan fingerprint density at radius 1 is 0.833 bits per heavy atom. The molecular formula is C24H19N5O. The molecule has 6 heteroatoms. The molecule has 0 aliphatic rings. The Morgan fingerprint density at radius 2 is 1.63 bits per heavy atom. The third-order valence-electron chi connectivity index (χ3n) is 4.22.